The Bertz CT molecular complexity index is 1130. The third-order valence-electron chi connectivity index (χ3n) is 4.27. The fourth-order valence-electron chi connectivity index (χ4n) is 2.70. The summed E-state index contributed by atoms with van der Waals surface area (Å²) >= 11 is 0. The van der Waals surface area contributed by atoms with Gasteiger partial charge in [-0.2, -0.15) is 0 Å². The molecule has 3 rings (SSSR count). The van der Waals surface area contributed by atoms with Crippen LogP contribution in [0.25, 0.3) is 0 Å². The predicted molar refractivity (Wildman–Crippen MR) is 112 cm³/mol. The van der Waals surface area contributed by atoms with Crippen molar-refractivity contribution in [3.63, 3.8) is 0 Å². The number of carbonyl (C=O) groups excluding carboxylic acids is 1. The molecule has 0 radical (unpaired) electrons. The van der Waals surface area contributed by atoms with E-state index >= 15 is 0 Å². The summed E-state index contributed by atoms with van der Waals surface area (Å²) in [4.78, 5) is 12.1. The van der Waals surface area contributed by atoms with Crippen LogP contribution >= 0.6 is 0 Å². The highest BCUT2D eigenvalue weighted by molar-refractivity contribution is 7.89. The van der Waals surface area contributed by atoms with Gasteiger partial charge in [-0.1, -0.05) is 42.5 Å². The molecule has 8 heteroatoms. The van der Waals surface area contributed by atoms with Crippen LogP contribution in [-0.4, -0.2) is 20.9 Å². The third-order valence-corrected chi connectivity index (χ3v) is 5.67. The molecule has 0 saturated carbocycles. The van der Waals surface area contributed by atoms with E-state index in [1.807, 2.05) is 30.3 Å². The molecule has 0 atom stereocenters. The first-order valence-corrected chi connectivity index (χ1v) is 10.6. The second kappa shape index (κ2) is 9.51. The summed E-state index contributed by atoms with van der Waals surface area (Å²) in [7, 11) is -3.70. The molecule has 6 nitrogen and oxygen atoms in total. The lowest BCUT2D eigenvalue weighted by Gasteiger charge is -2.12. The average Bonchev–Trinajstić information content (AvgIpc) is 2.74. The van der Waals surface area contributed by atoms with Crippen molar-refractivity contribution in [2.24, 2.45) is 0 Å². The Labute approximate surface area is 174 Å². The quantitative estimate of drug-likeness (QED) is 0.574. The molecule has 0 bridgehead atoms. The largest absolute Gasteiger partial charge is 0.483 e. The van der Waals surface area contributed by atoms with Crippen LogP contribution in [0.5, 0.6) is 5.75 Å². The first kappa shape index (κ1) is 21.5. The Morgan fingerprint density at radius 2 is 1.70 bits per heavy atom. The topological polar surface area (TPSA) is 84.5 Å². The molecule has 0 aromatic heterocycles. The molecule has 0 fully saturated rings. The zero-order chi connectivity index (χ0) is 21.6. The fraction of sp³-hybridized carbons (Fsp3) is 0.136. The highest BCUT2D eigenvalue weighted by atomic mass is 32.2. The van der Waals surface area contributed by atoms with E-state index in [4.69, 9.17) is 4.74 Å². The number of rotatable bonds is 8. The monoisotopic (exact) mass is 428 g/mol. The number of hydrogen-bond donors (Lipinski definition) is 2. The van der Waals surface area contributed by atoms with Crippen LogP contribution in [-0.2, 0) is 21.4 Å². The summed E-state index contributed by atoms with van der Waals surface area (Å²) in [5.41, 5.74) is 1.46. The summed E-state index contributed by atoms with van der Waals surface area (Å²) in [6.07, 6.45) is 0. The molecular weight excluding hydrogens is 407 g/mol. The first-order valence-electron chi connectivity index (χ1n) is 9.16. The van der Waals surface area contributed by atoms with Gasteiger partial charge in [-0.3, -0.25) is 4.79 Å². The number of ether oxygens (including phenoxy) is 1. The average molecular weight is 428 g/mol. The number of hydrogen-bond acceptors (Lipinski definition) is 4. The Kier molecular flexibility index (Phi) is 6.81. The molecule has 0 aliphatic rings. The number of benzene rings is 3. The van der Waals surface area contributed by atoms with Crippen molar-refractivity contribution >= 4 is 21.6 Å². The van der Waals surface area contributed by atoms with Crippen molar-refractivity contribution in [3.8, 4) is 5.75 Å². The molecular formula is C22H21FN2O4S. The second-order valence-corrected chi connectivity index (χ2v) is 8.32. The van der Waals surface area contributed by atoms with E-state index in [9.17, 15) is 17.6 Å². The molecule has 30 heavy (non-hydrogen) atoms. The van der Waals surface area contributed by atoms with Gasteiger partial charge in [0.15, 0.2) is 6.61 Å². The molecule has 1 amide bonds. The highest BCUT2D eigenvalue weighted by Gasteiger charge is 2.16. The van der Waals surface area contributed by atoms with Crippen LogP contribution in [0.1, 0.15) is 11.1 Å². The van der Waals surface area contributed by atoms with Gasteiger partial charge in [0.05, 0.1) is 10.6 Å². The van der Waals surface area contributed by atoms with Gasteiger partial charge in [0.1, 0.15) is 11.6 Å². The Balaban J connectivity index is 1.60. The lowest BCUT2D eigenvalue weighted by atomic mass is 10.2. The molecule has 0 aliphatic heterocycles. The minimum absolute atomic E-state index is 0.0637. The van der Waals surface area contributed by atoms with Gasteiger partial charge in [-0.05, 0) is 48.4 Å². The van der Waals surface area contributed by atoms with E-state index in [2.05, 4.69) is 10.0 Å². The van der Waals surface area contributed by atoms with E-state index in [0.29, 0.717) is 11.3 Å². The van der Waals surface area contributed by atoms with E-state index in [1.54, 1.807) is 13.0 Å². The van der Waals surface area contributed by atoms with Crippen molar-refractivity contribution in [1.29, 1.82) is 0 Å². The van der Waals surface area contributed by atoms with Crippen LogP contribution in [0.2, 0.25) is 0 Å². The van der Waals surface area contributed by atoms with E-state index < -0.39 is 21.7 Å². The first-order chi connectivity index (χ1) is 14.3. The van der Waals surface area contributed by atoms with Crippen molar-refractivity contribution < 1.29 is 22.3 Å². The molecule has 2 N–H and O–H groups in total. The minimum atomic E-state index is -3.70. The SMILES string of the molecule is Cc1cc(S(=O)(=O)NCc2ccccc2)ccc1OCC(=O)Nc1ccccc1F. The second-order valence-electron chi connectivity index (χ2n) is 6.55. The number of para-hydroxylation sites is 1. The van der Waals surface area contributed by atoms with Gasteiger partial charge in [-0.25, -0.2) is 17.5 Å². The number of aryl methyl sites for hydroxylation is 1. The van der Waals surface area contributed by atoms with E-state index in [0.717, 1.165) is 5.56 Å². The van der Waals surface area contributed by atoms with Crippen molar-refractivity contribution in [2.75, 3.05) is 11.9 Å². The summed E-state index contributed by atoms with van der Waals surface area (Å²) in [6.45, 7) is 1.52. The Morgan fingerprint density at radius 3 is 2.40 bits per heavy atom. The molecule has 0 saturated heterocycles. The summed E-state index contributed by atoms with van der Waals surface area (Å²) in [5.74, 6) is -0.707. The molecule has 3 aromatic rings. The lowest BCUT2D eigenvalue weighted by Crippen LogP contribution is -2.23. The maximum Gasteiger partial charge on any atom is 0.262 e. The van der Waals surface area contributed by atoms with Gasteiger partial charge in [0.25, 0.3) is 5.91 Å². The third kappa shape index (κ3) is 5.65. The van der Waals surface area contributed by atoms with Crippen molar-refractivity contribution in [2.45, 2.75) is 18.4 Å². The van der Waals surface area contributed by atoms with Gasteiger partial charge in [-0.15, -0.1) is 0 Å². The number of carbonyl (C=O) groups is 1. The van der Waals surface area contributed by atoms with Gasteiger partial charge < -0.3 is 10.1 Å². The Morgan fingerprint density at radius 1 is 1.00 bits per heavy atom. The Hall–Kier alpha value is -3.23. The predicted octanol–water partition coefficient (Wildman–Crippen LogP) is 3.63. The number of nitrogens with one attached hydrogen (secondary N) is 2. The van der Waals surface area contributed by atoms with Crippen molar-refractivity contribution in [1.82, 2.24) is 4.72 Å². The lowest BCUT2D eigenvalue weighted by molar-refractivity contribution is -0.118. The molecule has 0 aliphatic carbocycles. The molecule has 0 unspecified atom stereocenters. The zero-order valence-corrected chi connectivity index (χ0v) is 17.1. The summed E-state index contributed by atoms with van der Waals surface area (Å²) in [6, 6.07) is 19.4. The fourth-order valence-corrected chi connectivity index (χ4v) is 3.80. The number of halogens is 1. The normalized spacial score (nSPS) is 11.1. The molecule has 3 aromatic carbocycles. The number of amides is 1. The highest BCUT2D eigenvalue weighted by Crippen LogP contribution is 2.22. The summed E-state index contributed by atoms with van der Waals surface area (Å²) < 4.78 is 46.6. The van der Waals surface area contributed by atoms with Crippen LogP contribution in [0.3, 0.4) is 0 Å². The van der Waals surface area contributed by atoms with Crippen LogP contribution in [0, 0.1) is 12.7 Å². The van der Waals surface area contributed by atoms with Gasteiger partial charge >= 0.3 is 0 Å². The van der Waals surface area contributed by atoms with Crippen LogP contribution < -0.4 is 14.8 Å². The standard InChI is InChI=1S/C22H21FN2O4S/c1-16-13-18(30(27,28)24-14-17-7-3-2-4-8-17)11-12-21(16)29-15-22(26)25-20-10-6-5-9-19(20)23/h2-13,24H,14-15H2,1H3,(H,25,26). The molecule has 0 spiro atoms. The van der Waals surface area contributed by atoms with Gasteiger partial charge in [0.2, 0.25) is 10.0 Å². The van der Waals surface area contributed by atoms with Crippen LogP contribution in [0.4, 0.5) is 10.1 Å². The maximum atomic E-state index is 13.6. The smallest absolute Gasteiger partial charge is 0.262 e. The van der Waals surface area contributed by atoms with Crippen molar-refractivity contribution in [3.05, 3.63) is 89.7 Å². The maximum absolute atomic E-state index is 13.6. The van der Waals surface area contributed by atoms with Crippen LogP contribution in [0.15, 0.2) is 77.7 Å². The van der Waals surface area contributed by atoms with E-state index in [-0.39, 0.29) is 23.7 Å². The summed E-state index contributed by atoms with van der Waals surface area (Å²) in [5, 5.41) is 2.42. The van der Waals surface area contributed by atoms with Gasteiger partial charge in [0, 0.05) is 6.54 Å². The number of sulfonamides is 1. The zero-order valence-electron chi connectivity index (χ0n) is 16.3. The van der Waals surface area contributed by atoms with E-state index in [1.165, 1.54) is 36.4 Å². The molecule has 0 heterocycles. The minimum Gasteiger partial charge on any atom is -0.483 e. The molecule has 156 valence electrons. The number of anilines is 1.